The molecule has 0 fully saturated rings. The van der Waals surface area contributed by atoms with Gasteiger partial charge in [0.05, 0.1) is 11.0 Å². The minimum absolute atomic E-state index is 0.648. The summed E-state index contributed by atoms with van der Waals surface area (Å²) < 4.78 is 3.30. The number of halogens is 1. The van der Waals surface area contributed by atoms with E-state index >= 15 is 0 Å². The lowest BCUT2D eigenvalue weighted by atomic mass is 10.1. The maximum Gasteiger partial charge on any atom is 0.164 e. The SMILES string of the molecule is Brc1cccc(-c2nc(-c3ccccc3)nc(-c3ccccc3)n2)c1.c1ccc(-c2nc(-c3ccccc3)nc(-c3cccc(-n4c5ccccc5c5ccccc54)c3)n2)cc1.c1ccc2c(c1)Cc1ccccc1-2. The number of rotatable bonds is 7. The lowest BCUT2D eigenvalue weighted by Gasteiger charge is -2.11. The number of hydrogen-bond acceptors (Lipinski definition) is 6. The minimum atomic E-state index is 0.648. The Balaban J connectivity index is 0.000000128. The first kappa shape index (κ1) is 46.6. The molecular weight excluding hydrogens is 983 g/mol. The van der Waals surface area contributed by atoms with Gasteiger partial charge >= 0.3 is 0 Å². The molecule has 8 heteroatoms. The highest BCUT2D eigenvalue weighted by atomic mass is 79.9. The highest BCUT2D eigenvalue weighted by Gasteiger charge is 2.18. The average Bonchev–Trinajstić information content (AvgIpc) is 4.05. The van der Waals surface area contributed by atoms with E-state index in [0.29, 0.717) is 34.9 Å². The fraction of sp³-hybridized carbons (Fsp3) is 0.0149. The summed E-state index contributed by atoms with van der Waals surface area (Å²) in [6.45, 7) is 0. The van der Waals surface area contributed by atoms with Crippen LogP contribution in [0.1, 0.15) is 11.1 Å². The highest BCUT2D eigenvalue weighted by Crippen LogP contribution is 2.37. The van der Waals surface area contributed by atoms with E-state index in [4.69, 9.17) is 24.9 Å². The van der Waals surface area contributed by atoms with Crippen molar-refractivity contribution in [2.45, 2.75) is 6.42 Å². The lowest BCUT2D eigenvalue weighted by Crippen LogP contribution is -2.01. The maximum absolute atomic E-state index is 4.92. The molecule has 14 rings (SSSR count). The molecule has 1 aliphatic carbocycles. The number of aromatic nitrogens is 7. The van der Waals surface area contributed by atoms with Crippen molar-refractivity contribution < 1.29 is 0 Å². The Morgan fingerprint density at radius 2 is 0.600 bits per heavy atom. The number of benzene rings is 10. The maximum atomic E-state index is 4.92. The van der Waals surface area contributed by atoms with Crippen molar-refractivity contribution >= 4 is 37.7 Å². The third-order valence-corrected chi connectivity index (χ3v) is 13.6. The molecule has 0 amide bonds. The van der Waals surface area contributed by atoms with Crippen molar-refractivity contribution in [1.29, 1.82) is 0 Å². The smallest absolute Gasteiger partial charge is 0.164 e. The van der Waals surface area contributed by atoms with Crippen LogP contribution in [0.4, 0.5) is 0 Å². The predicted molar refractivity (Wildman–Crippen MR) is 309 cm³/mol. The second-order valence-electron chi connectivity index (χ2n) is 18.0. The van der Waals surface area contributed by atoms with Crippen LogP contribution in [0.3, 0.4) is 0 Å². The highest BCUT2D eigenvalue weighted by molar-refractivity contribution is 9.10. The van der Waals surface area contributed by atoms with Crippen molar-refractivity contribution in [3.8, 4) is 85.1 Å². The minimum Gasteiger partial charge on any atom is -0.309 e. The van der Waals surface area contributed by atoms with Crippen LogP contribution in [-0.4, -0.2) is 34.5 Å². The number of nitrogens with zero attached hydrogens (tertiary/aromatic N) is 7. The van der Waals surface area contributed by atoms with E-state index in [1.807, 2.05) is 146 Å². The Kier molecular flexibility index (Phi) is 13.2. The van der Waals surface area contributed by atoms with Crippen molar-refractivity contribution in [1.82, 2.24) is 34.5 Å². The van der Waals surface area contributed by atoms with Crippen molar-refractivity contribution in [2.75, 3.05) is 0 Å². The molecule has 356 valence electrons. The number of fused-ring (bicyclic) bond motifs is 6. The molecule has 10 aromatic carbocycles. The Bertz CT molecular complexity index is 3900. The quantitative estimate of drug-likeness (QED) is 0.158. The Labute approximate surface area is 443 Å². The normalized spacial score (nSPS) is 11.2. The van der Waals surface area contributed by atoms with Gasteiger partial charge < -0.3 is 4.57 Å². The van der Waals surface area contributed by atoms with Gasteiger partial charge in [-0.3, -0.25) is 0 Å². The lowest BCUT2D eigenvalue weighted by molar-refractivity contribution is 1.07. The molecule has 0 N–H and O–H groups in total. The first-order valence-corrected chi connectivity index (χ1v) is 25.6. The molecule has 75 heavy (non-hydrogen) atoms. The zero-order chi connectivity index (χ0) is 50.3. The fourth-order valence-corrected chi connectivity index (χ4v) is 9.97. The van der Waals surface area contributed by atoms with Gasteiger partial charge in [0.2, 0.25) is 0 Å². The zero-order valence-corrected chi connectivity index (χ0v) is 42.2. The number of para-hydroxylation sites is 2. The molecule has 0 saturated heterocycles. The molecule has 0 radical (unpaired) electrons. The molecule has 7 nitrogen and oxygen atoms in total. The summed E-state index contributed by atoms with van der Waals surface area (Å²) in [5.41, 5.74) is 14.9. The van der Waals surface area contributed by atoms with Gasteiger partial charge in [0.15, 0.2) is 34.9 Å². The summed E-state index contributed by atoms with van der Waals surface area (Å²) in [4.78, 5) is 28.7. The predicted octanol–water partition coefficient (Wildman–Crippen LogP) is 16.9. The largest absolute Gasteiger partial charge is 0.309 e. The summed E-state index contributed by atoms with van der Waals surface area (Å²) >= 11 is 3.52. The third kappa shape index (κ3) is 10.0. The van der Waals surface area contributed by atoms with Gasteiger partial charge in [0.25, 0.3) is 0 Å². The molecule has 1 aliphatic rings. The Morgan fingerprint density at radius 1 is 0.280 bits per heavy atom. The van der Waals surface area contributed by atoms with Crippen LogP contribution in [0, 0.1) is 0 Å². The molecule has 3 aromatic heterocycles. The topological polar surface area (TPSA) is 82.3 Å². The van der Waals surface area contributed by atoms with E-state index in [1.165, 1.54) is 44.1 Å². The number of hydrogen-bond donors (Lipinski definition) is 0. The fourth-order valence-electron chi connectivity index (χ4n) is 9.57. The van der Waals surface area contributed by atoms with Gasteiger partial charge in [0.1, 0.15) is 0 Å². The van der Waals surface area contributed by atoms with Gasteiger partial charge in [-0.15, -0.1) is 0 Å². The molecule has 13 aromatic rings. The van der Waals surface area contributed by atoms with Crippen LogP contribution in [0.5, 0.6) is 0 Å². The molecule has 0 atom stereocenters. The average molecular weight is 1030 g/mol. The van der Waals surface area contributed by atoms with Gasteiger partial charge in [0, 0.05) is 54.3 Å². The first-order valence-electron chi connectivity index (χ1n) is 24.8. The molecule has 3 heterocycles. The second kappa shape index (κ2) is 21.3. The second-order valence-corrected chi connectivity index (χ2v) is 18.9. The molecule has 0 bridgehead atoms. The molecular formula is C67H46BrN7. The molecule has 0 spiro atoms. The van der Waals surface area contributed by atoms with Crippen molar-refractivity contribution in [2.24, 2.45) is 0 Å². The molecule has 0 aliphatic heterocycles. The van der Waals surface area contributed by atoms with E-state index < -0.39 is 0 Å². The summed E-state index contributed by atoms with van der Waals surface area (Å²) in [6.07, 6.45) is 1.10. The summed E-state index contributed by atoms with van der Waals surface area (Å²) in [6, 6.07) is 90.9. The van der Waals surface area contributed by atoms with E-state index in [2.05, 4.69) is 147 Å². The van der Waals surface area contributed by atoms with Gasteiger partial charge in [-0.2, -0.15) is 0 Å². The van der Waals surface area contributed by atoms with Gasteiger partial charge in [-0.1, -0.05) is 246 Å². The van der Waals surface area contributed by atoms with E-state index in [1.54, 1.807) is 0 Å². The van der Waals surface area contributed by atoms with Crippen molar-refractivity contribution in [3.05, 3.63) is 283 Å². The van der Waals surface area contributed by atoms with Crippen LogP contribution in [0.25, 0.3) is 107 Å². The van der Waals surface area contributed by atoms with Crippen LogP contribution in [0.2, 0.25) is 0 Å². The summed E-state index contributed by atoms with van der Waals surface area (Å²) in [5.74, 6) is 3.97. The van der Waals surface area contributed by atoms with Crippen LogP contribution in [0.15, 0.2) is 271 Å². The van der Waals surface area contributed by atoms with E-state index in [0.717, 1.165) is 50.0 Å². The zero-order valence-electron chi connectivity index (χ0n) is 40.6. The first-order chi connectivity index (χ1) is 37.1. The molecule has 0 saturated carbocycles. The van der Waals surface area contributed by atoms with Gasteiger partial charge in [-0.05, 0) is 65.1 Å². The van der Waals surface area contributed by atoms with Crippen LogP contribution >= 0.6 is 15.9 Å². The molecule has 0 unspecified atom stereocenters. The Hall–Kier alpha value is -9.50. The van der Waals surface area contributed by atoms with Crippen LogP contribution in [-0.2, 0) is 6.42 Å². The summed E-state index contributed by atoms with van der Waals surface area (Å²) in [7, 11) is 0. The van der Waals surface area contributed by atoms with Crippen molar-refractivity contribution in [3.63, 3.8) is 0 Å². The summed E-state index contributed by atoms with van der Waals surface area (Å²) in [5, 5.41) is 2.47. The van der Waals surface area contributed by atoms with E-state index in [-0.39, 0.29) is 0 Å². The third-order valence-electron chi connectivity index (χ3n) is 13.1. The Morgan fingerprint density at radius 3 is 1.01 bits per heavy atom. The monoisotopic (exact) mass is 1030 g/mol. The van der Waals surface area contributed by atoms with E-state index in [9.17, 15) is 0 Å². The van der Waals surface area contributed by atoms with Gasteiger partial charge in [-0.25, -0.2) is 29.9 Å². The van der Waals surface area contributed by atoms with Crippen LogP contribution < -0.4 is 0 Å². The standard InChI is InChI=1S/C33H22N4.C21H14BrN3.C13H10/c1-3-12-23(13-4-1)31-34-32(24-14-5-2-6-15-24)36-33(35-31)25-16-11-17-26(22-25)37-29-20-9-7-18-27(29)28-19-8-10-21-30(28)37;22-18-13-7-12-17(14-18)21-24-19(15-8-3-1-4-9-15)23-20(25-21)16-10-5-2-6-11-16;1-3-7-12-10(5-1)9-11-6-2-4-8-13(11)12/h1-22H;1-14H;1-8H,9H2.